The molecule has 0 amide bonds. The number of ether oxygens (including phenoxy) is 1. The van der Waals surface area contributed by atoms with Crippen LogP contribution in [0.15, 0.2) is 46.1 Å². The molecule has 0 bridgehead atoms. The number of aromatic amines is 1. The lowest BCUT2D eigenvalue weighted by Gasteiger charge is -2.14. The number of sulfonamides is 1. The van der Waals surface area contributed by atoms with E-state index in [0.717, 1.165) is 6.42 Å². The molecule has 2 aromatic heterocycles. The Bertz CT molecular complexity index is 1660. The Morgan fingerprint density at radius 3 is 2.61 bits per heavy atom. The van der Waals surface area contributed by atoms with Gasteiger partial charge in [0.2, 0.25) is 0 Å². The molecule has 0 aliphatic carbocycles. The van der Waals surface area contributed by atoms with E-state index in [4.69, 9.17) is 10.00 Å². The summed E-state index contributed by atoms with van der Waals surface area (Å²) in [6.45, 7) is 7.63. The third-order valence-corrected chi connectivity index (χ3v) is 7.01. The van der Waals surface area contributed by atoms with E-state index >= 15 is 0 Å². The molecule has 0 fully saturated rings. The number of aryl methyl sites for hydroxylation is 3. The fourth-order valence-corrected chi connectivity index (χ4v) is 5.03. The first-order valence-electron chi connectivity index (χ1n) is 11.5. The lowest BCUT2D eigenvalue weighted by atomic mass is 10.1. The molecule has 2 N–H and O–H groups in total. The van der Waals surface area contributed by atoms with Crippen LogP contribution in [-0.4, -0.2) is 34.6 Å². The Balaban J connectivity index is 1.83. The first-order valence-corrected chi connectivity index (χ1v) is 13.0. The molecule has 10 nitrogen and oxygen atoms in total. The van der Waals surface area contributed by atoms with Gasteiger partial charge >= 0.3 is 0 Å². The van der Waals surface area contributed by atoms with Gasteiger partial charge in [-0.05, 0) is 69.2 Å². The highest BCUT2D eigenvalue weighted by Crippen LogP contribution is 2.31. The summed E-state index contributed by atoms with van der Waals surface area (Å²) < 4.78 is 36.2. The van der Waals surface area contributed by atoms with Crippen molar-refractivity contribution in [2.45, 2.75) is 45.4 Å². The average Bonchev–Trinajstić information content (AvgIpc) is 3.15. The van der Waals surface area contributed by atoms with E-state index in [9.17, 15) is 13.2 Å². The molecule has 36 heavy (non-hydrogen) atoms. The summed E-state index contributed by atoms with van der Waals surface area (Å²) in [5.41, 5.74) is 2.30. The predicted octanol–water partition coefficient (Wildman–Crippen LogP) is 3.73. The minimum atomic E-state index is -4.00. The zero-order valence-electron chi connectivity index (χ0n) is 20.4. The number of fused-ring (bicyclic) bond motifs is 1. The summed E-state index contributed by atoms with van der Waals surface area (Å²) in [6.07, 6.45) is 1.45. The van der Waals surface area contributed by atoms with E-state index < -0.39 is 10.0 Å². The van der Waals surface area contributed by atoms with Crippen molar-refractivity contribution in [2.75, 3.05) is 11.3 Å². The molecular weight excluding hydrogens is 480 g/mol. The van der Waals surface area contributed by atoms with Gasteiger partial charge in [-0.2, -0.15) is 5.26 Å². The summed E-state index contributed by atoms with van der Waals surface area (Å²) >= 11 is 0. The molecule has 0 saturated heterocycles. The number of hydrogen-bond acceptors (Lipinski definition) is 7. The van der Waals surface area contributed by atoms with Gasteiger partial charge in [-0.25, -0.2) is 17.9 Å². The molecule has 4 rings (SSSR count). The molecule has 0 atom stereocenters. The number of anilines is 1. The zero-order valence-corrected chi connectivity index (χ0v) is 21.2. The molecule has 0 aliphatic rings. The van der Waals surface area contributed by atoms with Crippen LogP contribution in [0.1, 0.15) is 42.9 Å². The molecule has 0 unspecified atom stereocenters. The maximum Gasteiger partial charge on any atom is 0.277 e. The summed E-state index contributed by atoms with van der Waals surface area (Å²) in [4.78, 5) is 20.1. The van der Waals surface area contributed by atoms with Crippen LogP contribution in [0.25, 0.3) is 16.9 Å². The second-order valence-electron chi connectivity index (χ2n) is 8.26. The Hall–Kier alpha value is -4.17. The van der Waals surface area contributed by atoms with Crippen molar-refractivity contribution in [1.29, 1.82) is 5.26 Å². The van der Waals surface area contributed by atoms with Gasteiger partial charge in [0.25, 0.3) is 15.6 Å². The van der Waals surface area contributed by atoms with E-state index in [-0.39, 0.29) is 16.3 Å². The van der Waals surface area contributed by atoms with Gasteiger partial charge in [-0.1, -0.05) is 6.92 Å². The van der Waals surface area contributed by atoms with Crippen molar-refractivity contribution in [3.63, 3.8) is 0 Å². The summed E-state index contributed by atoms with van der Waals surface area (Å²) in [5.74, 6) is 1.19. The molecular formula is C25H26N6O4S. The van der Waals surface area contributed by atoms with Gasteiger partial charge in [0, 0.05) is 12.1 Å². The average molecular weight is 507 g/mol. The molecule has 4 aromatic rings. The van der Waals surface area contributed by atoms with E-state index in [1.165, 1.54) is 28.8 Å². The smallest absolute Gasteiger partial charge is 0.277 e. The molecule has 186 valence electrons. The van der Waals surface area contributed by atoms with Crippen LogP contribution in [0.3, 0.4) is 0 Å². The highest BCUT2D eigenvalue weighted by Gasteiger charge is 2.21. The normalized spacial score (nSPS) is 11.4. The number of imidazole rings is 1. The number of H-pyrrole nitrogens is 1. The maximum atomic E-state index is 13.2. The molecule has 2 aromatic carbocycles. The van der Waals surface area contributed by atoms with Crippen LogP contribution in [0.4, 0.5) is 5.69 Å². The number of nitriles is 1. The highest BCUT2D eigenvalue weighted by molar-refractivity contribution is 7.92. The van der Waals surface area contributed by atoms with Gasteiger partial charge in [0.1, 0.15) is 11.6 Å². The van der Waals surface area contributed by atoms with E-state index in [1.54, 1.807) is 32.9 Å². The number of rotatable bonds is 8. The number of nitrogens with zero attached hydrogens (tertiary/aromatic N) is 4. The van der Waals surface area contributed by atoms with Crippen LogP contribution in [0, 0.1) is 25.2 Å². The largest absolute Gasteiger partial charge is 0.493 e. The Morgan fingerprint density at radius 2 is 1.94 bits per heavy atom. The monoisotopic (exact) mass is 506 g/mol. The molecule has 11 heteroatoms. The third-order valence-electron chi connectivity index (χ3n) is 5.63. The van der Waals surface area contributed by atoms with Crippen molar-refractivity contribution < 1.29 is 13.2 Å². The van der Waals surface area contributed by atoms with Crippen molar-refractivity contribution in [3.8, 4) is 23.2 Å². The van der Waals surface area contributed by atoms with Crippen molar-refractivity contribution >= 4 is 21.2 Å². The standard InChI is InChI=1S/C25H26N6O4S/c1-5-7-22-27-16(4)23-25(32)28-24(29-31(22)23)20-13-19(10-11-21(20)35-6-2)36(33,34)30-18-9-8-17(14-26)15(3)12-18/h8-13,30H,5-7H2,1-4H3,(H,28,29,32). The Morgan fingerprint density at radius 1 is 1.17 bits per heavy atom. The minimum Gasteiger partial charge on any atom is -0.493 e. The topological polar surface area (TPSA) is 142 Å². The number of nitrogens with one attached hydrogen (secondary N) is 2. The number of aromatic nitrogens is 4. The fourth-order valence-electron chi connectivity index (χ4n) is 3.95. The summed E-state index contributed by atoms with van der Waals surface area (Å²) in [7, 11) is -4.00. The van der Waals surface area contributed by atoms with Gasteiger partial charge in [-0.3, -0.25) is 9.52 Å². The molecule has 0 aliphatic heterocycles. The second-order valence-corrected chi connectivity index (χ2v) is 9.95. The van der Waals surface area contributed by atoms with Gasteiger partial charge in [-0.15, -0.1) is 5.10 Å². The fraction of sp³-hybridized carbons (Fsp3) is 0.280. The molecule has 2 heterocycles. The SMILES string of the molecule is CCCc1nc(C)c2c(=O)[nH]c(-c3cc(S(=O)(=O)Nc4ccc(C#N)c(C)c4)ccc3OCC)nn12. The Labute approximate surface area is 208 Å². The van der Waals surface area contributed by atoms with Crippen LogP contribution in [0.5, 0.6) is 5.75 Å². The molecule has 0 saturated carbocycles. The van der Waals surface area contributed by atoms with Crippen LogP contribution >= 0.6 is 0 Å². The molecule has 0 radical (unpaired) electrons. The second kappa shape index (κ2) is 9.83. The summed E-state index contributed by atoms with van der Waals surface area (Å²) in [6, 6.07) is 11.1. The minimum absolute atomic E-state index is 0.0405. The van der Waals surface area contributed by atoms with Gasteiger partial charge in [0.15, 0.2) is 11.3 Å². The predicted molar refractivity (Wildman–Crippen MR) is 136 cm³/mol. The lowest BCUT2D eigenvalue weighted by molar-refractivity contribution is 0.341. The highest BCUT2D eigenvalue weighted by atomic mass is 32.2. The molecule has 0 spiro atoms. The maximum absolute atomic E-state index is 13.2. The number of hydrogen-bond donors (Lipinski definition) is 2. The number of benzene rings is 2. The lowest BCUT2D eigenvalue weighted by Crippen LogP contribution is -2.17. The zero-order chi connectivity index (χ0) is 26.0. The summed E-state index contributed by atoms with van der Waals surface area (Å²) in [5, 5.41) is 13.7. The van der Waals surface area contributed by atoms with Gasteiger partial charge in [0.05, 0.1) is 34.4 Å². The Kier molecular flexibility index (Phi) is 6.81. The first-order chi connectivity index (χ1) is 17.2. The van der Waals surface area contributed by atoms with Crippen molar-refractivity contribution in [1.82, 2.24) is 19.6 Å². The van der Waals surface area contributed by atoms with Crippen molar-refractivity contribution in [2.24, 2.45) is 0 Å². The van der Waals surface area contributed by atoms with Crippen LogP contribution in [-0.2, 0) is 16.4 Å². The quantitative estimate of drug-likeness (QED) is 0.371. The van der Waals surface area contributed by atoms with Crippen LogP contribution in [0.2, 0.25) is 0 Å². The van der Waals surface area contributed by atoms with E-state index in [0.29, 0.717) is 58.2 Å². The van der Waals surface area contributed by atoms with E-state index in [1.807, 2.05) is 6.92 Å². The first kappa shape index (κ1) is 24.9. The van der Waals surface area contributed by atoms with E-state index in [2.05, 4.69) is 25.9 Å². The van der Waals surface area contributed by atoms with Gasteiger partial charge < -0.3 is 9.72 Å². The third kappa shape index (κ3) is 4.67. The van der Waals surface area contributed by atoms with Crippen LogP contribution < -0.4 is 15.0 Å². The van der Waals surface area contributed by atoms with Crippen molar-refractivity contribution in [3.05, 3.63) is 69.4 Å².